The average molecular weight is 383 g/mol. The van der Waals surface area contributed by atoms with Gasteiger partial charge in [-0.3, -0.25) is 9.78 Å². The number of rotatable bonds is 7. The lowest BCUT2D eigenvalue weighted by Gasteiger charge is -2.17. The van der Waals surface area contributed by atoms with Gasteiger partial charge >= 0.3 is 0 Å². The number of amides is 1. The fraction of sp³-hybridized carbons (Fsp3) is 0.263. The van der Waals surface area contributed by atoms with E-state index in [1.165, 1.54) is 11.8 Å². The van der Waals surface area contributed by atoms with E-state index in [1.54, 1.807) is 31.5 Å². The summed E-state index contributed by atoms with van der Waals surface area (Å²) in [5, 5.41) is 9.09. The second-order valence-electron chi connectivity index (χ2n) is 6.00. The predicted molar refractivity (Wildman–Crippen MR) is 104 cm³/mol. The SMILES string of the molecule is COc1cccc(CN(C)C(=O)CSc2nnc(-c3cccnc3)n2C)c1. The van der Waals surface area contributed by atoms with Crippen LogP contribution >= 0.6 is 11.8 Å². The molecule has 1 aromatic carbocycles. The molecular formula is C19H21N5O2S. The van der Waals surface area contributed by atoms with E-state index in [9.17, 15) is 4.79 Å². The molecule has 0 saturated heterocycles. The maximum Gasteiger partial charge on any atom is 0.233 e. The van der Waals surface area contributed by atoms with Gasteiger partial charge in [0.1, 0.15) is 5.75 Å². The van der Waals surface area contributed by atoms with Gasteiger partial charge in [-0.05, 0) is 29.8 Å². The Bertz CT molecular complexity index is 913. The molecular weight excluding hydrogens is 362 g/mol. The van der Waals surface area contributed by atoms with Crippen LogP contribution in [0.2, 0.25) is 0 Å². The molecule has 0 aliphatic carbocycles. The largest absolute Gasteiger partial charge is 0.497 e. The second kappa shape index (κ2) is 8.68. The summed E-state index contributed by atoms with van der Waals surface area (Å²) in [5.74, 6) is 1.82. The van der Waals surface area contributed by atoms with Crippen LogP contribution in [0.3, 0.4) is 0 Å². The van der Waals surface area contributed by atoms with Gasteiger partial charge in [-0.1, -0.05) is 23.9 Å². The lowest BCUT2D eigenvalue weighted by atomic mass is 10.2. The molecule has 140 valence electrons. The van der Waals surface area contributed by atoms with Gasteiger partial charge in [0, 0.05) is 38.6 Å². The summed E-state index contributed by atoms with van der Waals surface area (Å²) in [7, 11) is 5.31. The Kier molecular flexibility index (Phi) is 6.08. The van der Waals surface area contributed by atoms with Crippen LogP contribution in [0.15, 0.2) is 53.9 Å². The number of methoxy groups -OCH3 is 1. The van der Waals surface area contributed by atoms with Crippen LogP contribution in [0.5, 0.6) is 5.75 Å². The molecule has 27 heavy (non-hydrogen) atoms. The number of thioether (sulfide) groups is 1. The molecule has 8 heteroatoms. The predicted octanol–water partition coefficient (Wildman–Crippen LogP) is 2.64. The molecule has 0 spiro atoms. The Morgan fingerprint density at radius 3 is 2.85 bits per heavy atom. The summed E-state index contributed by atoms with van der Waals surface area (Å²) in [4.78, 5) is 18.3. The maximum absolute atomic E-state index is 12.5. The zero-order valence-corrected chi connectivity index (χ0v) is 16.3. The van der Waals surface area contributed by atoms with E-state index >= 15 is 0 Å². The van der Waals surface area contributed by atoms with Crippen LogP contribution in [0.25, 0.3) is 11.4 Å². The molecule has 1 amide bonds. The van der Waals surface area contributed by atoms with Gasteiger partial charge in [0.2, 0.25) is 5.91 Å². The monoisotopic (exact) mass is 383 g/mol. The number of pyridine rings is 1. The molecule has 0 aliphatic rings. The minimum Gasteiger partial charge on any atom is -0.497 e. The average Bonchev–Trinajstić information content (AvgIpc) is 3.07. The van der Waals surface area contributed by atoms with E-state index in [1.807, 2.05) is 48.0 Å². The number of nitrogens with zero attached hydrogens (tertiary/aromatic N) is 5. The molecule has 0 atom stereocenters. The Labute approximate surface area is 162 Å². The number of ether oxygens (including phenoxy) is 1. The number of aromatic nitrogens is 4. The first-order valence-corrected chi connectivity index (χ1v) is 9.36. The third kappa shape index (κ3) is 4.65. The molecule has 3 rings (SSSR count). The Morgan fingerprint density at radius 1 is 1.26 bits per heavy atom. The van der Waals surface area contributed by atoms with Gasteiger partial charge in [0.25, 0.3) is 0 Å². The van der Waals surface area contributed by atoms with Crippen LogP contribution in [0, 0.1) is 0 Å². The fourth-order valence-corrected chi connectivity index (χ4v) is 3.41. The van der Waals surface area contributed by atoms with Crippen LogP contribution in [0.1, 0.15) is 5.56 Å². The van der Waals surface area contributed by atoms with Crippen LogP contribution in [-0.4, -0.2) is 50.5 Å². The number of hydrogen-bond donors (Lipinski definition) is 0. The summed E-state index contributed by atoms with van der Waals surface area (Å²) in [5.41, 5.74) is 1.91. The van der Waals surface area contributed by atoms with E-state index in [0.29, 0.717) is 17.5 Å². The Morgan fingerprint density at radius 2 is 2.11 bits per heavy atom. The minimum atomic E-state index is 0.0220. The zero-order chi connectivity index (χ0) is 19.2. The molecule has 0 unspecified atom stereocenters. The molecule has 0 saturated carbocycles. The summed E-state index contributed by atoms with van der Waals surface area (Å²) in [6.45, 7) is 0.524. The summed E-state index contributed by atoms with van der Waals surface area (Å²) in [6, 6.07) is 11.5. The van der Waals surface area contributed by atoms with Crippen LogP contribution in [0.4, 0.5) is 0 Å². The van der Waals surface area contributed by atoms with Crippen molar-refractivity contribution in [1.29, 1.82) is 0 Å². The normalized spacial score (nSPS) is 10.6. The van der Waals surface area contributed by atoms with Gasteiger partial charge in [-0.25, -0.2) is 0 Å². The van der Waals surface area contributed by atoms with Gasteiger partial charge in [-0.15, -0.1) is 10.2 Å². The molecule has 0 N–H and O–H groups in total. The Hall–Kier alpha value is -2.87. The quantitative estimate of drug-likeness (QED) is 0.584. The van der Waals surface area contributed by atoms with Crippen molar-refractivity contribution in [2.75, 3.05) is 19.9 Å². The third-order valence-electron chi connectivity index (χ3n) is 4.06. The summed E-state index contributed by atoms with van der Waals surface area (Å²) < 4.78 is 7.10. The first-order valence-electron chi connectivity index (χ1n) is 8.38. The molecule has 0 aliphatic heterocycles. The number of carbonyl (C=O) groups is 1. The van der Waals surface area contributed by atoms with Gasteiger partial charge in [0.15, 0.2) is 11.0 Å². The standard InChI is InChI=1S/C19H21N5O2S/c1-23(12-14-6-4-8-16(10-14)26-3)17(25)13-27-19-22-21-18(24(19)2)15-7-5-9-20-11-15/h4-11H,12-13H2,1-3H3. The molecule has 0 bridgehead atoms. The molecule has 0 radical (unpaired) electrons. The van der Waals surface area contributed by atoms with Crippen LogP contribution in [-0.2, 0) is 18.4 Å². The topological polar surface area (TPSA) is 73.1 Å². The van der Waals surface area contributed by atoms with Crippen molar-refractivity contribution in [1.82, 2.24) is 24.6 Å². The van der Waals surface area contributed by atoms with Crippen molar-refractivity contribution in [2.24, 2.45) is 7.05 Å². The van der Waals surface area contributed by atoms with E-state index in [-0.39, 0.29) is 5.91 Å². The lowest BCUT2D eigenvalue weighted by molar-refractivity contribution is -0.127. The first-order chi connectivity index (χ1) is 13.1. The van der Waals surface area contributed by atoms with Crippen molar-refractivity contribution in [3.05, 3.63) is 54.4 Å². The number of hydrogen-bond acceptors (Lipinski definition) is 6. The van der Waals surface area contributed by atoms with Crippen molar-refractivity contribution >= 4 is 17.7 Å². The highest BCUT2D eigenvalue weighted by Gasteiger charge is 2.15. The third-order valence-corrected chi connectivity index (χ3v) is 5.06. The highest BCUT2D eigenvalue weighted by Crippen LogP contribution is 2.22. The van der Waals surface area contributed by atoms with E-state index < -0.39 is 0 Å². The van der Waals surface area contributed by atoms with Crippen molar-refractivity contribution in [3.8, 4) is 17.1 Å². The first kappa shape index (κ1) is 18.9. The number of carbonyl (C=O) groups excluding carboxylic acids is 1. The van der Waals surface area contributed by atoms with Crippen LogP contribution < -0.4 is 4.74 Å². The van der Waals surface area contributed by atoms with Gasteiger partial charge < -0.3 is 14.2 Å². The second-order valence-corrected chi connectivity index (χ2v) is 6.94. The molecule has 0 fully saturated rings. The molecule has 3 aromatic rings. The fourth-order valence-electron chi connectivity index (χ4n) is 2.56. The van der Waals surface area contributed by atoms with Crippen molar-refractivity contribution in [2.45, 2.75) is 11.7 Å². The molecule has 2 aromatic heterocycles. The molecule has 7 nitrogen and oxygen atoms in total. The highest BCUT2D eigenvalue weighted by molar-refractivity contribution is 7.99. The Balaban J connectivity index is 1.59. The van der Waals surface area contributed by atoms with Gasteiger partial charge in [-0.2, -0.15) is 0 Å². The number of benzene rings is 1. The van der Waals surface area contributed by atoms with Crippen molar-refractivity contribution < 1.29 is 9.53 Å². The van der Waals surface area contributed by atoms with E-state index in [0.717, 1.165) is 22.7 Å². The summed E-state index contributed by atoms with van der Waals surface area (Å²) in [6.07, 6.45) is 3.46. The lowest BCUT2D eigenvalue weighted by Crippen LogP contribution is -2.27. The van der Waals surface area contributed by atoms with E-state index in [4.69, 9.17) is 4.74 Å². The summed E-state index contributed by atoms with van der Waals surface area (Å²) >= 11 is 1.37. The minimum absolute atomic E-state index is 0.0220. The highest BCUT2D eigenvalue weighted by atomic mass is 32.2. The maximum atomic E-state index is 12.5. The van der Waals surface area contributed by atoms with Gasteiger partial charge in [0.05, 0.1) is 12.9 Å². The van der Waals surface area contributed by atoms with E-state index in [2.05, 4.69) is 15.2 Å². The smallest absolute Gasteiger partial charge is 0.233 e. The molecule has 2 heterocycles. The van der Waals surface area contributed by atoms with Crippen molar-refractivity contribution in [3.63, 3.8) is 0 Å². The zero-order valence-electron chi connectivity index (χ0n) is 15.5.